The first-order valence-corrected chi connectivity index (χ1v) is 7.23. The summed E-state index contributed by atoms with van der Waals surface area (Å²) in [6.45, 7) is 7.58. The van der Waals surface area contributed by atoms with Crippen molar-refractivity contribution in [2.75, 3.05) is 24.5 Å². The summed E-state index contributed by atoms with van der Waals surface area (Å²) >= 11 is 6.30. The zero-order chi connectivity index (χ0) is 13.1. The average Bonchev–Trinajstić information content (AvgIpc) is 2.81. The summed E-state index contributed by atoms with van der Waals surface area (Å²) in [4.78, 5) is 2.45. The lowest BCUT2D eigenvalue weighted by molar-refractivity contribution is 0.423. The number of halogens is 1. The summed E-state index contributed by atoms with van der Waals surface area (Å²) in [7, 11) is 0. The molecule has 0 spiro atoms. The Balaban J connectivity index is 2.08. The van der Waals surface area contributed by atoms with Crippen LogP contribution in [0.2, 0.25) is 5.02 Å². The molecule has 0 bridgehead atoms. The minimum Gasteiger partial charge on any atom is -0.371 e. The molecule has 1 atom stereocenters. The number of nitrogens with two attached hydrogens (primary N) is 1. The van der Waals surface area contributed by atoms with E-state index in [4.69, 9.17) is 17.3 Å². The molecule has 100 valence electrons. The van der Waals surface area contributed by atoms with E-state index in [9.17, 15) is 0 Å². The summed E-state index contributed by atoms with van der Waals surface area (Å²) in [5, 5.41) is 0.853. The van der Waals surface area contributed by atoms with Crippen molar-refractivity contribution in [1.29, 1.82) is 0 Å². The van der Waals surface area contributed by atoms with Gasteiger partial charge < -0.3 is 10.6 Å². The molecule has 0 aliphatic carbocycles. The first-order chi connectivity index (χ1) is 8.61. The molecular weight excluding hydrogens is 244 g/mol. The number of hydrogen-bond donors (Lipinski definition) is 1. The van der Waals surface area contributed by atoms with Gasteiger partial charge in [-0.2, -0.15) is 0 Å². The van der Waals surface area contributed by atoms with Gasteiger partial charge in [0.15, 0.2) is 0 Å². The standard InChI is InChI=1S/C15H23ClN2/c1-11(2)13-6-8-18(10-13)14-4-3-12(5-7-17)15(16)9-14/h3-4,9,11,13H,5-8,10,17H2,1-2H3. The van der Waals surface area contributed by atoms with E-state index in [2.05, 4.69) is 36.9 Å². The van der Waals surface area contributed by atoms with Gasteiger partial charge in [-0.15, -0.1) is 0 Å². The first kappa shape index (κ1) is 13.7. The molecular formula is C15H23ClN2. The van der Waals surface area contributed by atoms with Crippen molar-refractivity contribution in [2.24, 2.45) is 17.6 Å². The maximum Gasteiger partial charge on any atom is 0.0459 e. The van der Waals surface area contributed by atoms with Crippen molar-refractivity contribution in [3.63, 3.8) is 0 Å². The van der Waals surface area contributed by atoms with Crippen LogP contribution in [0.1, 0.15) is 25.8 Å². The molecule has 0 amide bonds. The minimum atomic E-state index is 0.651. The third-order valence-corrected chi connectivity index (χ3v) is 4.33. The lowest BCUT2D eigenvalue weighted by Gasteiger charge is -2.21. The predicted octanol–water partition coefficient (Wildman–Crippen LogP) is 3.32. The Morgan fingerprint density at radius 1 is 1.44 bits per heavy atom. The summed E-state index contributed by atoms with van der Waals surface area (Å²) in [6.07, 6.45) is 2.15. The molecule has 1 heterocycles. The molecule has 18 heavy (non-hydrogen) atoms. The Morgan fingerprint density at radius 3 is 2.78 bits per heavy atom. The van der Waals surface area contributed by atoms with Crippen LogP contribution in [-0.4, -0.2) is 19.6 Å². The molecule has 0 radical (unpaired) electrons. The lowest BCUT2D eigenvalue weighted by Crippen LogP contribution is -2.21. The minimum absolute atomic E-state index is 0.651. The van der Waals surface area contributed by atoms with Gasteiger partial charge in [0.25, 0.3) is 0 Å². The normalized spacial score (nSPS) is 19.8. The zero-order valence-electron chi connectivity index (χ0n) is 11.3. The number of hydrogen-bond acceptors (Lipinski definition) is 2. The van der Waals surface area contributed by atoms with Crippen molar-refractivity contribution in [1.82, 2.24) is 0 Å². The Labute approximate surface area is 115 Å². The largest absolute Gasteiger partial charge is 0.371 e. The quantitative estimate of drug-likeness (QED) is 0.906. The molecule has 2 nitrogen and oxygen atoms in total. The second-order valence-corrected chi connectivity index (χ2v) is 5.96. The van der Waals surface area contributed by atoms with Crippen LogP contribution in [0.25, 0.3) is 0 Å². The van der Waals surface area contributed by atoms with Gasteiger partial charge in [0.1, 0.15) is 0 Å². The Kier molecular flexibility index (Phi) is 4.52. The van der Waals surface area contributed by atoms with E-state index in [1.165, 1.54) is 12.1 Å². The van der Waals surface area contributed by atoms with Gasteiger partial charge in [0.2, 0.25) is 0 Å². The van der Waals surface area contributed by atoms with Crippen LogP contribution in [0.3, 0.4) is 0 Å². The summed E-state index contributed by atoms with van der Waals surface area (Å²) in [5.74, 6) is 1.58. The molecule has 0 saturated carbocycles. The molecule has 2 N–H and O–H groups in total. The van der Waals surface area contributed by atoms with Crippen LogP contribution >= 0.6 is 11.6 Å². The Bertz CT molecular complexity index is 403. The van der Waals surface area contributed by atoms with Gasteiger partial charge >= 0.3 is 0 Å². The van der Waals surface area contributed by atoms with E-state index in [0.717, 1.165) is 41.9 Å². The van der Waals surface area contributed by atoms with Crippen molar-refractivity contribution in [2.45, 2.75) is 26.7 Å². The number of anilines is 1. The zero-order valence-corrected chi connectivity index (χ0v) is 12.1. The number of rotatable bonds is 4. The highest BCUT2D eigenvalue weighted by atomic mass is 35.5. The second-order valence-electron chi connectivity index (χ2n) is 5.55. The molecule has 1 fully saturated rings. The van der Waals surface area contributed by atoms with Crippen molar-refractivity contribution in [3.8, 4) is 0 Å². The van der Waals surface area contributed by atoms with Crippen molar-refractivity contribution < 1.29 is 0 Å². The maximum absolute atomic E-state index is 6.30. The van der Waals surface area contributed by atoms with Gasteiger partial charge in [-0.25, -0.2) is 0 Å². The molecule has 1 saturated heterocycles. The number of nitrogens with zero attached hydrogens (tertiary/aromatic N) is 1. The highest BCUT2D eigenvalue weighted by molar-refractivity contribution is 6.31. The third kappa shape index (κ3) is 2.99. The summed E-state index contributed by atoms with van der Waals surface area (Å²) in [6, 6.07) is 6.39. The van der Waals surface area contributed by atoms with Gasteiger partial charge in [-0.3, -0.25) is 0 Å². The smallest absolute Gasteiger partial charge is 0.0459 e. The fraction of sp³-hybridized carbons (Fsp3) is 0.600. The SMILES string of the molecule is CC(C)C1CCN(c2ccc(CCN)c(Cl)c2)C1. The highest BCUT2D eigenvalue weighted by Crippen LogP contribution is 2.30. The van der Waals surface area contributed by atoms with Crippen LogP contribution in [0.5, 0.6) is 0 Å². The van der Waals surface area contributed by atoms with E-state index in [1.807, 2.05) is 0 Å². The van der Waals surface area contributed by atoms with Crippen LogP contribution in [0.4, 0.5) is 5.69 Å². The average molecular weight is 267 g/mol. The Hall–Kier alpha value is -0.730. The molecule has 3 heteroatoms. The fourth-order valence-electron chi connectivity index (χ4n) is 2.66. The predicted molar refractivity (Wildman–Crippen MR) is 79.4 cm³/mol. The van der Waals surface area contributed by atoms with Crippen molar-refractivity contribution >= 4 is 17.3 Å². The van der Waals surface area contributed by atoms with E-state index < -0.39 is 0 Å². The number of benzene rings is 1. The Morgan fingerprint density at radius 2 is 2.22 bits per heavy atom. The fourth-order valence-corrected chi connectivity index (χ4v) is 2.93. The molecule has 2 rings (SSSR count). The third-order valence-electron chi connectivity index (χ3n) is 3.98. The molecule has 1 aliphatic rings. The maximum atomic E-state index is 6.30. The van der Waals surface area contributed by atoms with Crippen LogP contribution < -0.4 is 10.6 Å². The summed E-state index contributed by atoms with van der Waals surface area (Å²) < 4.78 is 0. The first-order valence-electron chi connectivity index (χ1n) is 6.85. The molecule has 1 aromatic rings. The van der Waals surface area contributed by atoms with E-state index in [-0.39, 0.29) is 0 Å². The van der Waals surface area contributed by atoms with Gasteiger partial charge in [-0.05, 0) is 48.9 Å². The van der Waals surface area contributed by atoms with E-state index >= 15 is 0 Å². The van der Waals surface area contributed by atoms with Crippen LogP contribution in [-0.2, 0) is 6.42 Å². The molecule has 1 unspecified atom stereocenters. The van der Waals surface area contributed by atoms with Gasteiger partial charge in [0.05, 0.1) is 0 Å². The molecule has 0 aromatic heterocycles. The van der Waals surface area contributed by atoms with Gasteiger partial charge in [0, 0.05) is 23.8 Å². The van der Waals surface area contributed by atoms with Crippen LogP contribution in [0, 0.1) is 11.8 Å². The van der Waals surface area contributed by atoms with E-state index in [0.29, 0.717) is 6.54 Å². The molecule has 1 aromatic carbocycles. The van der Waals surface area contributed by atoms with E-state index in [1.54, 1.807) is 0 Å². The lowest BCUT2D eigenvalue weighted by atomic mass is 9.95. The highest BCUT2D eigenvalue weighted by Gasteiger charge is 2.25. The second kappa shape index (κ2) is 5.94. The monoisotopic (exact) mass is 266 g/mol. The van der Waals surface area contributed by atoms with Crippen LogP contribution in [0.15, 0.2) is 18.2 Å². The topological polar surface area (TPSA) is 29.3 Å². The molecule has 1 aliphatic heterocycles. The van der Waals surface area contributed by atoms with Crippen molar-refractivity contribution in [3.05, 3.63) is 28.8 Å². The van der Waals surface area contributed by atoms with Gasteiger partial charge in [-0.1, -0.05) is 31.5 Å². The summed E-state index contributed by atoms with van der Waals surface area (Å²) in [5.41, 5.74) is 7.98.